The predicted octanol–water partition coefficient (Wildman–Crippen LogP) is 3.42. The smallest absolute Gasteiger partial charge is 0.372 e. The maximum atomic E-state index is 13.5. The Morgan fingerprint density at radius 1 is 1.24 bits per heavy atom. The number of nitrogens with one attached hydrogen (secondary N) is 2. The zero-order valence-electron chi connectivity index (χ0n) is 12.0. The highest BCUT2D eigenvalue weighted by Gasteiger charge is 2.31. The van der Waals surface area contributed by atoms with Crippen molar-refractivity contribution in [3.63, 3.8) is 0 Å². The van der Waals surface area contributed by atoms with Gasteiger partial charge in [-0.3, -0.25) is 4.79 Å². The summed E-state index contributed by atoms with van der Waals surface area (Å²) in [5.74, 6) is -1.00. The van der Waals surface area contributed by atoms with Crippen molar-refractivity contribution < 1.29 is 22.4 Å². The molecule has 1 aromatic carbocycles. The van der Waals surface area contributed by atoms with Gasteiger partial charge in [0.25, 0.3) is 0 Å². The van der Waals surface area contributed by atoms with E-state index in [-0.39, 0.29) is 11.6 Å². The Labute approximate surface area is 120 Å². The molecule has 1 amide bonds. The van der Waals surface area contributed by atoms with Crippen LogP contribution in [0.15, 0.2) is 18.2 Å². The first kappa shape index (κ1) is 17.3. The van der Waals surface area contributed by atoms with Crippen LogP contribution < -0.4 is 10.6 Å². The van der Waals surface area contributed by atoms with Crippen LogP contribution in [0.25, 0.3) is 0 Å². The number of amides is 1. The van der Waals surface area contributed by atoms with Gasteiger partial charge in [-0.25, -0.2) is 4.39 Å². The van der Waals surface area contributed by atoms with Crippen LogP contribution in [-0.4, -0.2) is 18.5 Å². The van der Waals surface area contributed by atoms with Gasteiger partial charge in [-0.05, 0) is 31.0 Å². The minimum atomic E-state index is -4.56. The van der Waals surface area contributed by atoms with E-state index in [4.69, 9.17) is 0 Å². The molecular formula is C14H18F4N2O. The third kappa shape index (κ3) is 5.24. The first-order chi connectivity index (χ1) is 9.61. The normalized spacial score (nSPS) is 13.1. The van der Waals surface area contributed by atoms with Gasteiger partial charge in [-0.2, -0.15) is 13.2 Å². The molecule has 3 nitrogen and oxygen atoms in total. The number of anilines is 1. The van der Waals surface area contributed by atoms with Gasteiger partial charge in [0.1, 0.15) is 11.9 Å². The molecule has 0 fully saturated rings. The topological polar surface area (TPSA) is 41.1 Å². The Bertz CT molecular complexity index is 500. The second-order valence-electron chi connectivity index (χ2n) is 5.20. The molecule has 1 unspecified atom stereocenters. The van der Waals surface area contributed by atoms with Gasteiger partial charge >= 0.3 is 6.18 Å². The molecule has 118 valence electrons. The van der Waals surface area contributed by atoms with Crippen molar-refractivity contribution in [1.82, 2.24) is 5.32 Å². The van der Waals surface area contributed by atoms with Crippen molar-refractivity contribution in [3.05, 3.63) is 29.6 Å². The first-order valence-electron chi connectivity index (χ1n) is 6.52. The summed E-state index contributed by atoms with van der Waals surface area (Å²) in [4.78, 5) is 11.7. The van der Waals surface area contributed by atoms with Crippen molar-refractivity contribution in [1.29, 1.82) is 0 Å². The van der Waals surface area contributed by atoms with E-state index in [1.54, 1.807) is 0 Å². The van der Waals surface area contributed by atoms with Crippen LogP contribution >= 0.6 is 0 Å². The van der Waals surface area contributed by atoms with Crippen molar-refractivity contribution in [2.45, 2.75) is 33.0 Å². The highest BCUT2D eigenvalue weighted by Crippen LogP contribution is 2.31. The second-order valence-corrected chi connectivity index (χ2v) is 5.20. The fourth-order valence-electron chi connectivity index (χ4n) is 1.57. The SMILES string of the molecule is CC(C)CNC(=O)C(C)Nc1cc(C(F)(F)F)ccc1F. The highest BCUT2D eigenvalue weighted by molar-refractivity contribution is 5.84. The number of hydrogen-bond donors (Lipinski definition) is 2. The largest absolute Gasteiger partial charge is 0.416 e. The van der Waals surface area contributed by atoms with E-state index < -0.39 is 29.5 Å². The van der Waals surface area contributed by atoms with Crippen molar-refractivity contribution in [2.75, 3.05) is 11.9 Å². The lowest BCUT2D eigenvalue weighted by atomic mass is 10.1. The molecule has 1 rings (SSSR count). The molecule has 0 saturated carbocycles. The Morgan fingerprint density at radius 3 is 2.38 bits per heavy atom. The minimum Gasteiger partial charge on any atom is -0.372 e. The first-order valence-corrected chi connectivity index (χ1v) is 6.52. The molecule has 21 heavy (non-hydrogen) atoms. The molecule has 1 atom stereocenters. The average molecular weight is 306 g/mol. The van der Waals surface area contributed by atoms with Crippen LogP contribution in [-0.2, 0) is 11.0 Å². The number of hydrogen-bond acceptors (Lipinski definition) is 2. The molecule has 7 heteroatoms. The average Bonchev–Trinajstić information content (AvgIpc) is 2.36. The molecule has 2 N–H and O–H groups in total. The lowest BCUT2D eigenvalue weighted by Gasteiger charge is -2.17. The summed E-state index contributed by atoms with van der Waals surface area (Å²) in [5, 5.41) is 5.08. The predicted molar refractivity (Wildman–Crippen MR) is 72.3 cm³/mol. The van der Waals surface area contributed by atoms with Crippen LogP contribution in [0.4, 0.5) is 23.2 Å². The second kappa shape index (κ2) is 6.78. The Balaban J connectivity index is 2.80. The quantitative estimate of drug-likeness (QED) is 0.819. The number of benzene rings is 1. The van der Waals surface area contributed by atoms with Gasteiger partial charge in [0.05, 0.1) is 11.3 Å². The maximum Gasteiger partial charge on any atom is 0.416 e. The minimum absolute atomic E-state index is 0.242. The van der Waals surface area contributed by atoms with E-state index >= 15 is 0 Å². The van der Waals surface area contributed by atoms with E-state index in [1.165, 1.54) is 6.92 Å². The van der Waals surface area contributed by atoms with Crippen molar-refractivity contribution in [3.8, 4) is 0 Å². The Kier molecular flexibility index (Phi) is 5.57. The van der Waals surface area contributed by atoms with Crippen LogP contribution in [0, 0.1) is 11.7 Å². The van der Waals surface area contributed by atoms with Crippen LogP contribution in [0.5, 0.6) is 0 Å². The number of alkyl halides is 3. The molecule has 0 aliphatic rings. The third-order valence-corrected chi connectivity index (χ3v) is 2.74. The molecule has 0 radical (unpaired) electrons. The number of carbonyl (C=O) groups excluding carboxylic acids is 1. The number of rotatable bonds is 5. The third-order valence-electron chi connectivity index (χ3n) is 2.74. The fourth-order valence-corrected chi connectivity index (χ4v) is 1.57. The molecule has 0 aliphatic heterocycles. The summed E-state index contributed by atoms with van der Waals surface area (Å²) in [6.45, 7) is 5.71. The molecule has 0 bridgehead atoms. The fraction of sp³-hybridized carbons (Fsp3) is 0.500. The molecule has 0 spiro atoms. The van der Waals surface area contributed by atoms with Gasteiger partial charge in [0, 0.05) is 6.54 Å². The van der Waals surface area contributed by atoms with Crippen LogP contribution in [0.2, 0.25) is 0 Å². The lowest BCUT2D eigenvalue weighted by molar-refractivity contribution is -0.137. The van der Waals surface area contributed by atoms with Gasteiger partial charge in [0.15, 0.2) is 0 Å². The van der Waals surface area contributed by atoms with Gasteiger partial charge in [-0.15, -0.1) is 0 Å². The molecule has 1 aromatic rings. The molecule has 0 aliphatic carbocycles. The molecule has 0 saturated heterocycles. The molecular weight excluding hydrogens is 288 g/mol. The zero-order chi connectivity index (χ0) is 16.2. The standard InChI is InChI=1S/C14H18F4N2O/c1-8(2)7-19-13(21)9(3)20-12-6-10(14(16,17)18)4-5-11(12)15/h4-6,8-9,20H,7H2,1-3H3,(H,19,21). The summed E-state index contributed by atoms with van der Waals surface area (Å²) in [6.07, 6.45) is -4.56. The summed E-state index contributed by atoms with van der Waals surface area (Å²) in [5.41, 5.74) is -1.32. The molecule has 0 heterocycles. The Morgan fingerprint density at radius 2 is 1.86 bits per heavy atom. The summed E-state index contributed by atoms with van der Waals surface area (Å²) < 4.78 is 51.3. The number of halogens is 4. The number of carbonyl (C=O) groups is 1. The maximum absolute atomic E-state index is 13.5. The van der Waals surface area contributed by atoms with E-state index in [0.29, 0.717) is 18.7 Å². The van der Waals surface area contributed by atoms with E-state index in [1.807, 2.05) is 13.8 Å². The lowest BCUT2D eigenvalue weighted by Crippen LogP contribution is -2.39. The summed E-state index contributed by atoms with van der Waals surface area (Å²) in [6, 6.07) is 1.19. The summed E-state index contributed by atoms with van der Waals surface area (Å²) in [7, 11) is 0. The summed E-state index contributed by atoms with van der Waals surface area (Å²) >= 11 is 0. The van der Waals surface area contributed by atoms with Gasteiger partial charge in [0.2, 0.25) is 5.91 Å². The van der Waals surface area contributed by atoms with Crippen LogP contribution in [0.3, 0.4) is 0 Å². The van der Waals surface area contributed by atoms with Gasteiger partial charge in [-0.1, -0.05) is 13.8 Å². The van der Waals surface area contributed by atoms with Crippen molar-refractivity contribution >= 4 is 11.6 Å². The van der Waals surface area contributed by atoms with Crippen LogP contribution in [0.1, 0.15) is 26.3 Å². The Hall–Kier alpha value is -1.79. The monoisotopic (exact) mass is 306 g/mol. The zero-order valence-corrected chi connectivity index (χ0v) is 12.0. The molecule has 0 aromatic heterocycles. The van der Waals surface area contributed by atoms with E-state index in [2.05, 4.69) is 10.6 Å². The van der Waals surface area contributed by atoms with Crippen molar-refractivity contribution in [2.24, 2.45) is 5.92 Å². The van der Waals surface area contributed by atoms with E-state index in [0.717, 1.165) is 6.07 Å². The van der Waals surface area contributed by atoms with Gasteiger partial charge < -0.3 is 10.6 Å². The highest BCUT2D eigenvalue weighted by atomic mass is 19.4. The van der Waals surface area contributed by atoms with E-state index in [9.17, 15) is 22.4 Å².